The molecule has 2 fully saturated rings. The third-order valence-electron chi connectivity index (χ3n) is 7.68. The van der Waals surface area contributed by atoms with Gasteiger partial charge in [-0.2, -0.15) is 26.3 Å². The van der Waals surface area contributed by atoms with Crippen LogP contribution in [0.2, 0.25) is 0 Å². The first kappa shape index (κ1) is 31.9. The number of fused-ring (bicyclic) bond motifs is 1. The molecule has 2 amide bonds. The van der Waals surface area contributed by atoms with Gasteiger partial charge in [0.2, 0.25) is 0 Å². The first-order valence-corrected chi connectivity index (χ1v) is 14.4. The predicted molar refractivity (Wildman–Crippen MR) is 163 cm³/mol. The van der Waals surface area contributed by atoms with Gasteiger partial charge in [-0.15, -0.1) is 0 Å². The average molecular weight is 631 g/mol. The summed E-state index contributed by atoms with van der Waals surface area (Å²) in [6.07, 6.45) is -5.22. The lowest BCUT2D eigenvalue weighted by atomic mass is 10.1. The molecule has 2 N–H and O–H groups in total. The zero-order chi connectivity index (χ0) is 32.0. The number of hydrogen-bond donors (Lipinski definition) is 2. The molecule has 2 aliphatic rings. The van der Waals surface area contributed by atoms with Gasteiger partial charge in [-0.3, -0.25) is 4.98 Å². The molecule has 2 aliphatic heterocycles. The highest BCUT2D eigenvalue weighted by Crippen LogP contribution is 2.33. The molecule has 3 aromatic carbocycles. The van der Waals surface area contributed by atoms with E-state index in [1.165, 1.54) is 18.2 Å². The van der Waals surface area contributed by atoms with Crippen molar-refractivity contribution in [1.29, 1.82) is 0 Å². The smallest absolute Gasteiger partial charge is 0.369 e. The Labute approximate surface area is 256 Å². The van der Waals surface area contributed by atoms with E-state index in [0.29, 0.717) is 43.2 Å². The van der Waals surface area contributed by atoms with Gasteiger partial charge >= 0.3 is 18.4 Å². The number of urea groups is 1. The molecule has 6 rings (SSSR count). The number of alkyl halides is 6. The molecule has 0 unspecified atom stereocenters. The molecule has 238 valence electrons. The van der Waals surface area contributed by atoms with Crippen LogP contribution in [0.5, 0.6) is 0 Å². The maximum Gasteiger partial charge on any atom is 0.416 e. The van der Waals surface area contributed by atoms with Crippen molar-refractivity contribution in [1.82, 2.24) is 15.2 Å². The van der Waals surface area contributed by atoms with Crippen LogP contribution in [0.4, 0.5) is 48.2 Å². The molecule has 0 spiro atoms. The second-order valence-corrected chi connectivity index (χ2v) is 10.6. The van der Waals surface area contributed by atoms with Crippen LogP contribution >= 0.6 is 0 Å². The minimum absolute atomic E-state index is 0.224. The van der Waals surface area contributed by atoms with Crippen molar-refractivity contribution in [2.24, 2.45) is 0 Å². The lowest BCUT2D eigenvalue weighted by molar-refractivity contribution is -0.138. The molecular weight excluding hydrogens is 598 g/mol. The molecule has 0 atom stereocenters. The van der Waals surface area contributed by atoms with Crippen LogP contribution < -0.4 is 20.4 Å². The molecule has 2 saturated heterocycles. The number of nitrogens with one attached hydrogen (secondary N) is 2. The fourth-order valence-electron chi connectivity index (χ4n) is 5.27. The molecule has 3 heterocycles. The number of rotatable bonds is 3. The summed E-state index contributed by atoms with van der Waals surface area (Å²) in [5.74, 6) is 0. The normalized spacial score (nSPS) is 15.8. The van der Waals surface area contributed by atoms with Crippen LogP contribution in [0.15, 0.2) is 85.2 Å². The quantitative estimate of drug-likeness (QED) is 0.246. The van der Waals surface area contributed by atoms with Crippen molar-refractivity contribution in [3.63, 3.8) is 0 Å². The van der Waals surface area contributed by atoms with Gasteiger partial charge in [0.1, 0.15) is 0 Å². The Hall–Kier alpha value is -4.52. The molecule has 7 nitrogen and oxygen atoms in total. The SMILES string of the molecule is FC(F)(F)c1cccc(N2CCNCC2)c1.O=C(Nc1cccc2cnccc12)N1CCN(c2cccc(C(F)(F)F)c2)CC1. The summed E-state index contributed by atoms with van der Waals surface area (Å²) >= 11 is 0. The van der Waals surface area contributed by atoms with Crippen LogP contribution in [0.1, 0.15) is 11.1 Å². The molecular formula is C32H32F6N6O. The number of amides is 2. The number of carbonyl (C=O) groups excluding carboxylic acids is 1. The molecule has 4 aromatic rings. The van der Waals surface area contributed by atoms with Gasteiger partial charge in [0.25, 0.3) is 0 Å². The zero-order valence-electron chi connectivity index (χ0n) is 24.2. The number of hydrogen-bond acceptors (Lipinski definition) is 5. The summed E-state index contributed by atoms with van der Waals surface area (Å²) in [4.78, 5) is 22.3. The largest absolute Gasteiger partial charge is 0.416 e. The molecule has 0 aliphatic carbocycles. The standard InChI is InChI=1S/C21H19F3N4O.C11H13F3N2/c22-21(23,24)16-4-2-5-17(13-16)27-9-11-28(12-10-27)20(29)26-19-6-1-3-15-14-25-8-7-18(15)19;12-11(13,14)9-2-1-3-10(8-9)16-6-4-15-5-7-16/h1-8,13-14H,9-12H2,(H,26,29);1-3,8,15H,4-7H2. The van der Waals surface area contributed by atoms with E-state index in [9.17, 15) is 31.1 Å². The van der Waals surface area contributed by atoms with Gasteiger partial charge in [0.05, 0.1) is 16.8 Å². The summed E-state index contributed by atoms with van der Waals surface area (Å²) in [7, 11) is 0. The van der Waals surface area contributed by atoms with E-state index >= 15 is 0 Å². The first-order valence-electron chi connectivity index (χ1n) is 14.4. The molecule has 0 radical (unpaired) electrons. The van der Waals surface area contributed by atoms with Gasteiger partial charge < -0.3 is 25.3 Å². The third-order valence-corrected chi connectivity index (χ3v) is 7.68. The van der Waals surface area contributed by atoms with E-state index in [1.807, 2.05) is 34.1 Å². The second kappa shape index (κ2) is 13.6. The van der Waals surface area contributed by atoms with E-state index < -0.39 is 23.5 Å². The van der Waals surface area contributed by atoms with Gasteiger partial charge in [-0.05, 0) is 48.5 Å². The van der Waals surface area contributed by atoms with Gasteiger partial charge in [0, 0.05) is 86.9 Å². The van der Waals surface area contributed by atoms with Crippen LogP contribution in [0.3, 0.4) is 0 Å². The lowest BCUT2D eigenvalue weighted by Crippen LogP contribution is -2.50. The molecule has 1 aromatic heterocycles. The Morgan fingerprint density at radius 3 is 1.84 bits per heavy atom. The van der Waals surface area contributed by atoms with Gasteiger partial charge in [-0.25, -0.2) is 4.79 Å². The predicted octanol–water partition coefficient (Wildman–Crippen LogP) is 6.72. The molecule has 13 heteroatoms. The molecule has 0 saturated carbocycles. The van der Waals surface area contributed by atoms with Crippen LogP contribution in [0.25, 0.3) is 10.8 Å². The van der Waals surface area contributed by atoms with Crippen LogP contribution in [0, 0.1) is 0 Å². The Kier molecular flexibility index (Phi) is 9.66. The summed E-state index contributed by atoms with van der Waals surface area (Å²) in [6.45, 7) is 4.92. The number of anilines is 3. The second-order valence-electron chi connectivity index (χ2n) is 10.6. The first-order chi connectivity index (χ1) is 21.5. The highest BCUT2D eigenvalue weighted by Gasteiger charge is 2.32. The van der Waals surface area contributed by atoms with Crippen molar-refractivity contribution in [2.75, 3.05) is 67.5 Å². The maximum absolute atomic E-state index is 12.9. The highest BCUT2D eigenvalue weighted by atomic mass is 19.4. The topological polar surface area (TPSA) is 63.7 Å². The summed E-state index contributed by atoms with van der Waals surface area (Å²) in [5.41, 5.74) is 0.622. The fraction of sp³-hybridized carbons (Fsp3) is 0.312. The zero-order valence-corrected chi connectivity index (χ0v) is 24.2. The number of aromatic nitrogens is 1. The summed E-state index contributed by atoms with van der Waals surface area (Å²) in [5, 5.41) is 7.93. The highest BCUT2D eigenvalue weighted by molar-refractivity contribution is 6.01. The van der Waals surface area contributed by atoms with Crippen LogP contribution in [-0.4, -0.2) is 68.3 Å². The fourth-order valence-corrected chi connectivity index (χ4v) is 5.27. The lowest BCUT2D eigenvalue weighted by Gasteiger charge is -2.36. The van der Waals surface area contributed by atoms with Crippen molar-refractivity contribution in [3.8, 4) is 0 Å². The Balaban J connectivity index is 0.000000211. The third kappa shape index (κ3) is 8.15. The van der Waals surface area contributed by atoms with E-state index in [2.05, 4.69) is 15.6 Å². The van der Waals surface area contributed by atoms with Crippen molar-refractivity contribution < 1.29 is 31.1 Å². The van der Waals surface area contributed by atoms with E-state index in [-0.39, 0.29) is 6.03 Å². The number of pyridine rings is 1. The minimum atomic E-state index is -4.37. The maximum atomic E-state index is 12.9. The molecule has 0 bridgehead atoms. The number of nitrogens with zero attached hydrogens (tertiary/aromatic N) is 4. The Bertz CT molecular complexity index is 1590. The number of benzene rings is 3. The Morgan fingerprint density at radius 1 is 0.711 bits per heavy atom. The minimum Gasteiger partial charge on any atom is -0.369 e. The number of halogens is 6. The monoisotopic (exact) mass is 630 g/mol. The molecule has 45 heavy (non-hydrogen) atoms. The van der Waals surface area contributed by atoms with E-state index in [0.717, 1.165) is 55.2 Å². The van der Waals surface area contributed by atoms with Gasteiger partial charge in [-0.1, -0.05) is 24.3 Å². The van der Waals surface area contributed by atoms with Crippen molar-refractivity contribution in [2.45, 2.75) is 12.4 Å². The van der Waals surface area contributed by atoms with E-state index in [4.69, 9.17) is 0 Å². The summed E-state index contributed by atoms with van der Waals surface area (Å²) < 4.78 is 76.3. The summed E-state index contributed by atoms with van der Waals surface area (Å²) in [6, 6.07) is 18.0. The van der Waals surface area contributed by atoms with Gasteiger partial charge in [0.15, 0.2) is 0 Å². The van der Waals surface area contributed by atoms with Crippen molar-refractivity contribution >= 4 is 33.9 Å². The van der Waals surface area contributed by atoms with E-state index in [1.54, 1.807) is 29.4 Å². The average Bonchev–Trinajstić information content (AvgIpc) is 3.05. The Morgan fingerprint density at radius 2 is 1.27 bits per heavy atom. The van der Waals surface area contributed by atoms with Crippen LogP contribution in [-0.2, 0) is 12.4 Å². The van der Waals surface area contributed by atoms with Crippen molar-refractivity contribution in [3.05, 3.63) is 96.3 Å². The number of carbonyl (C=O) groups is 1. The number of piperazine rings is 2.